The fraction of sp³-hybridized carbons (Fsp3) is 0.200. The predicted molar refractivity (Wildman–Crippen MR) is 122 cm³/mol. The molecule has 1 aromatic heterocycles. The van der Waals surface area contributed by atoms with Crippen LogP contribution in [0.3, 0.4) is 0 Å². The van der Waals surface area contributed by atoms with Gasteiger partial charge in [-0.3, -0.25) is 9.89 Å². The molecule has 1 aliphatic carbocycles. The van der Waals surface area contributed by atoms with Gasteiger partial charge in [-0.05, 0) is 47.9 Å². The van der Waals surface area contributed by atoms with E-state index in [4.69, 9.17) is 11.6 Å². The first-order valence-electron chi connectivity index (χ1n) is 10.2. The van der Waals surface area contributed by atoms with Crippen molar-refractivity contribution in [2.75, 3.05) is 5.32 Å². The van der Waals surface area contributed by atoms with Crippen LogP contribution in [0.25, 0.3) is 22.0 Å². The van der Waals surface area contributed by atoms with E-state index >= 15 is 0 Å². The molecule has 30 heavy (non-hydrogen) atoms. The summed E-state index contributed by atoms with van der Waals surface area (Å²) in [7, 11) is 0. The molecule has 0 bridgehead atoms. The van der Waals surface area contributed by atoms with E-state index in [2.05, 4.69) is 39.8 Å². The molecule has 1 heterocycles. The zero-order chi connectivity index (χ0) is 20.7. The van der Waals surface area contributed by atoms with Crippen LogP contribution >= 0.6 is 11.6 Å². The van der Waals surface area contributed by atoms with Gasteiger partial charge in [0.2, 0.25) is 5.91 Å². The Morgan fingerprint density at radius 3 is 2.57 bits per heavy atom. The molecule has 1 fully saturated rings. The highest BCUT2D eigenvalue weighted by Gasteiger charge is 2.32. The van der Waals surface area contributed by atoms with Gasteiger partial charge in [-0.2, -0.15) is 5.10 Å². The van der Waals surface area contributed by atoms with Gasteiger partial charge in [0.15, 0.2) is 0 Å². The number of aromatic amines is 1. The molecule has 5 rings (SSSR count). The van der Waals surface area contributed by atoms with Gasteiger partial charge in [0.25, 0.3) is 0 Å². The normalized spacial score (nSPS) is 18.2. The number of carbonyl (C=O) groups is 1. The third-order valence-electron chi connectivity index (χ3n) is 6.02. The summed E-state index contributed by atoms with van der Waals surface area (Å²) >= 11 is 6.00. The van der Waals surface area contributed by atoms with E-state index in [1.165, 1.54) is 12.5 Å². The maximum atomic E-state index is 11.9. The van der Waals surface area contributed by atoms with Gasteiger partial charge in [-0.1, -0.05) is 60.1 Å². The summed E-state index contributed by atoms with van der Waals surface area (Å²) < 4.78 is 0. The monoisotopic (exact) mass is 415 g/mol. The molecule has 150 valence electrons. The lowest BCUT2D eigenvalue weighted by Gasteiger charge is -2.35. The smallest absolute Gasteiger partial charge is 0.221 e. The molecule has 0 radical (unpaired) electrons. The zero-order valence-electron chi connectivity index (χ0n) is 16.7. The number of nitrogens with zero attached hydrogens (tertiary/aromatic N) is 1. The molecular formula is C25H22ClN3O. The number of fused-ring (bicyclic) bond motifs is 1. The fourth-order valence-electron chi connectivity index (χ4n) is 4.36. The van der Waals surface area contributed by atoms with Gasteiger partial charge in [-0.15, -0.1) is 0 Å². The molecule has 0 spiro atoms. The Morgan fingerprint density at radius 1 is 1.03 bits per heavy atom. The topological polar surface area (TPSA) is 57.8 Å². The standard InChI is InChI=1S/C25H22ClN3O/c1-15(30)27-25-21-5-3-2-4-17(21)8-11-22(25)24-14-23(28-29-24)19-12-18(13-19)16-6-9-20(26)10-7-16/h2-11,14,18-19H,12-13H2,1H3,(H,27,30)(H,28,29). The Labute approximate surface area is 180 Å². The van der Waals surface area contributed by atoms with Crippen molar-refractivity contribution in [1.29, 1.82) is 0 Å². The van der Waals surface area contributed by atoms with E-state index in [1.807, 2.05) is 42.5 Å². The molecule has 0 unspecified atom stereocenters. The summed E-state index contributed by atoms with van der Waals surface area (Å²) in [6, 6.07) is 22.5. The number of amides is 1. The third-order valence-corrected chi connectivity index (χ3v) is 6.27. The summed E-state index contributed by atoms with van der Waals surface area (Å²) in [5, 5.41) is 13.7. The van der Waals surface area contributed by atoms with E-state index in [1.54, 1.807) is 0 Å². The van der Waals surface area contributed by atoms with Crippen LogP contribution in [0.1, 0.15) is 42.9 Å². The molecule has 1 aliphatic rings. The van der Waals surface area contributed by atoms with Gasteiger partial charge in [-0.25, -0.2) is 0 Å². The van der Waals surface area contributed by atoms with E-state index in [0.29, 0.717) is 11.8 Å². The molecule has 4 aromatic rings. The van der Waals surface area contributed by atoms with Crippen LogP contribution in [0.2, 0.25) is 5.02 Å². The van der Waals surface area contributed by atoms with Crippen molar-refractivity contribution in [3.63, 3.8) is 0 Å². The summed E-state index contributed by atoms with van der Waals surface area (Å²) in [5.74, 6) is 0.944. The lowest BCUT2D eigenvalue weighted by Crippen LogP contribution is -2.20. The van der Waals surface area contributed by atoms with E-state index in [9.17, 15) is 4.79 Å². The predicted octanol–water partition coefficient (Wildman–Crippen LogP) is 6.50. The lowest BCUT2D eigenvalue weighted by molar-refractivity contribution is -0.114. The molecule has 2 N–H and O–H groups in total. The van der Waals surface area contributed by atoms with Crippen molar-refractivity contribution in [2.24, 2.45) is 0 Å². The van der Waals surface area contributed by atoms with E-state index in [-0.39, 0.29) is 5.91 Å². The van der Waals surface area contributed by atoms with Crippen molar-refractivity contribution in [2.45, 2.75) is 31.6 Å². The lowest BCUT2D eigenvalue weighted by atomic mass is 9.70. The SMILES string of the molecule is CC(=O)Nc1c(-c2cc(C3CC(c4ccc(Cl)cc4)C3)[nH]n2)ccc2ccccc12. The van der Waals surface area contributed by atoms with Crippen molar-refractivity contribution in [3.8, 4) is 11.3 Å². The number of hydrogen-bond acceptors (Lipinski definition) is 2. The van der Waals surface area contributed by atoms with Crippen molar-refractivity contribution in [1.82, 2.24) is 10.2 Å². The molecule has 0 saturated heterocycles. The summed E-state index contributed by atoms with van der Waals surface area (Å²) in [5.41, 5.74) is 5.09. The second-order valence-electron chi connectivity index (χ2n) is 8.02. The number of carbonyl (C=O) groups excluding carboxylic acids is 1. The van der Waals surface area contributed by atoms with Crippen LogP contribution in [0, 0.1) is 0 Å². The summed E-state index contributed by atoms with van der Waals surface area (Å²) in [6.07, 6.45) is 2.19. The Morgan fingerprint density at radius 2 is 1.80 bits per heavy atom. The van der Waals surface area contributed by atoms with Crippen LogP contribution in [-0.2, 0) is 4.79 Å². The van der Waals surface area contributed by atoms with Crippen LogP contribution < -0.4 is 5.32 Å². The van der Waals surface area contributed by atoms with Gasteiger partial charge in [0.1, 0.15) is 0 Å². The highest BCUT2D eigenvalue weighted by atomic mass is 35.5. The van der Waals surface area contributed by atoms with Crippen LogP contribution in [0.5, 0.6) is 0 Å². The third kappa shape index (κ3) is 3.48. The van der Waals surface area contributed by atoms with Crippen LogP contribution in [0.15, 0.2) is 66.7 Å². The van der Waals surface area contributed by atoms with Gasteiger partial charge in [0, 0.05) is 34.5 Å². The minimum atomic E-state index is -0.0897. The first kappa shape index (κ1) is 18.9. The van der Waals surface area contributed by atoms with Crippen molar-refractivity contribution >= 4 is 34.0 Å². The average molecular weight is 416 g/mol. The Bertz CT molecular complexity index is 1220. The van der Waals surface area contributed by atoms with Crippen molar-refractivity contribution < 1.29 is 4.79 Å². The Kier molecular flexibility index (Phi) is 4.80. The number of hydrogen-bond donors (Lipinski definition) is 2. The quantitative estimate of drug-likeness (QED) is 0.399. The molecule has 0 atom stereocenters. The van der Waals surface area contributed by atoms with Gasteiger partial charge >= 0.3 is 0 Å². The van der Waals surface area contributed by atoms with Crippen LogP contribution in [0.4, 0.5) is 5.69 Å². The molecule has 4 nitrogen and oxygen atoms in total. The number of rotatable bonds is 4. The molecule has 5 heteroatoms. The number of aromatic nitrogens is 2. The molecule has 1 amide bonds. The second-order valence-corrected chi connectivity index (χ2v) is 8.45. The first-order chi connectivity index (χ1) is 14.6. The number of nitrogens with one attached hydrogen (secondary N) is 2. The van der Waals surface area contributed by atoms with E-state index < -0.39 is 0 Å². The fourth-order valence-corrected chi connectivity index (χ4v) is 4.48. The zero-order valence-corrected chi connectivity index (χ0v) is 17.4. The van der Waals surface area contributed by atoms with Gasteiger partial charge in [0.05, 0.1) is 11.4 Å². The summed E-state index contributed by atoms with van der Waals surface area (Å²) in [4.78, 5) is 11.9. The van der Waals surface area contributed by atoms with Crippen LogP contribution in [-0.4, -0.2) is 16.1 Å². The highest BCUT2D eigenvalue weighted by Crippen LogP contribution is 2.47. The molecular weight excluding hydrogens is 394 g/mol. The minimum absolute atomic E-state index is 0.0897. The Hall–Kier alpha value is -3.11. The van der Waals surface area contributed by atoms with E-state index in [0.717, 1.165) is 51.3 Å². The number of anilines is 1. The largest absolute Gasteiger partial charge is 0.325 e. The Balaban J connectivity index is 1.41. The highest BCUT2D eigenvalue weighted by molar-refractivity contribution is 6.30. The molecule has 0 aliphatic heterocycles. The number of halogens is 1. The number of H-pyrrole nitrogens is 1. The van der Waals surface area contributed by atoms with Gasteiger partial charge < -0.3 is 5.32 Å². The molecule has 1 saturated carbocycles. The molecule has 3 aromatic carbocycles. The van der Waals surface area contributed by atoms with Crippen molar-refractivity contribution in [3.05, 3.63) is 83.0 Å². The second kappa shape index (κ2) is 7.62. The first-order valence-corrected chi connectivity index (χ1v) is 10.6. The maximum Gasteiger partial charge on any atom is 0.221 e. The minimum Gasteiger partial charge on any atom is -0.325 e. The summed E-state index contributed by atoms with van der Waals surface area (Å²) in [6.45, 7) is 1.53. The number of benzene rings is 3. The average Bonchev–Trinajstić information content (AvgIpc) is 3.17. The maximum absolute atomic E-state index is 11.9.